The number of likely N-dealkylation sites (N-methyl/N-ethyl adjacent to an activating group) is 1. The van der Waals surface area contributed by atoms with E-state index in [-0.39, 0.29) is 12.2 Å². The van der Waals surface area contributed by atoms with E-state index < -0.39 is 0 Å². The minimum Gasteiger partial charge on any atom is -0.443 e. The van der Waals surface area contributed by atoms with Crippen molar-refractivity contribution in [2.45, 2.75) is 25.4 Å². The third-order valence-electron chi connectivity index (χ3n) is 4.85. The molecular formula is C19H28N4O2. The van der Waals surface area contributed by atoms with Gasteiger partial charge in [-0.15, -0.1) is 0 Å². The lowest BCUT2D eigenvalue weighted by molar-refractivity contribution is 0.125. The summed E-state index contributed by atoms with van der Waals surface area (Å²) in [5.74, 6) is 0. The number of hydrogen-bond donors (Lipinski definition) is 0. The van der Waals surface area contributed by atoms with Crippen molar-refractivity contribution in [3.8, 4) is 0 Å². The van der Waals surface area contributed by atoms with Crippen LogP contribution in [0.2, 0.25) is 0 Å². The highest BCUT2D eigenvalue weighted by Crippen LogP contribution is 2.17. The molecule has 0 aliphatic carbocycles. The standard InChI is InChI=1S/C19H28N4O2/c1-21-11-13-22(14-12-21)10-6-5-9-18-16-23(19(24)25-18)20-15-17-7-3-2-4-8-17/h2-4,7-8,15,18H,5-6,9-14,16H2,1H3/b20-15+. The van der Waals surface area contributed by atoms with Crippen molar-refractivity contribution in [2.24, 2.45) is 5.10 Å². The van der Waals surface area contributed by atoms with Crippen molar-refractivity contribution in [3.63, 3.8) is 0 Å². The Morgan fingerprint density at radius 1 is 1.16 bits per heavy atom. The number of piperazine rings is 1. The van der Waals surface area contributed by atoms with E-state index in [9.17, 15) is 4.79 Å². The molecule has 0 saturated carbocycles. The van der Waals surface area contributed by atoms with Gasteiger partial charge in [0, 0.05) is 26.2 Å². The number of hydrogen-bond acceptors (Lipinski definition) is 5. The molecule has 0 N–H and O–H groups in total. The molecule has 25 heavy (non-hydrogen) atoms. The summed E-state index contributed by atoms with van der Waals surface area (Å²) in [6, 6.07) is 9.78. The van der Waals surface area contributed by atoms with Crippen molar-refractivity contribution < 1.29 is 9.53 Å². The number of carbonyl (C=O) groups excluding carboxylic acids is 1. The van der Waals surface area contributed by atoms with Crippen LogP contribution in [0.25, 0.3) is 0 Å². The molecule has 1 amide bonds. The van der Waals surface area contributed by atoms with Crippen LogP contribution < -0.4 is 0 Å². The van der Waals surface area contributed by atoms with Crippen molar-refractivity contribution >= 4 is 12.3 Å². The Balaban J connectivity index is 1.34. The van der Waals surface area contributed by atoms with E-state index in [2.05, 4.69) is 21.9 Å². The maximum Gasteiger partial charge on any atom is 0.430 e. The first-order chi connectivity index (χ1) is 12.2. The summed E-state index contributed by atoms with van der Waals surface area (Å²) in [6.07, 6.45) is 4.49. The van der Waals surface area contributed by atoms with Gasteiger partial charge in [0.15, 0.2) is 0 Å². The fourth-order valence-corrected chi connectivity index (χ4v) is 3.21. The van der Waals surface area contributed by atoms with Gasteiger partial charge in [0.2, 0.25) is 0 Å². The summed E-state index contributed by atoms with van der Waals surface area (Å²) in [7, 11) is 2.18. The number of hydrazone groups is 1. The molecule has 0 radical (unpaired) electrons. The molecule has 0 spiro atoms. The fourth-order valence-electron chi connectivity index (χ4n) is 3.21. The van der Waals surface area contributed by atoms with Gasteiger partial charge in [-0.25, -0.2) is 4.79 Å². The smallest absolute Gasteiger partial charge is 0.430 e. The van der Waals surface area contributed by atoms with E-state index in [1.165, 1.54) is 5.01 Å². The van der Waals surface area contributed by atoms with Gasteiger partial charge in [-0.05, 0) is 38.4 Å². The van der Waals surface area contributed by atoms with Crippen LogP contribution in [0, 0.1) is 0 Å². The Kier molecular flexibility index (Phi) is 6.42. The van der Waals surface area contributed by atoms with Crippen molar-refractivity contribution in [1.82, 2.24) is 14.8 Å². The van der Waals surface area contributed by atoms with Crippen molar-refractivity contribution in [1.29, 1.82) is 0 Å². The highest BCUT2D eigenvalue weighted by molar-refractivity contribution is 5.81. The van der Waals surface area contributed by atoms with E-state index in [1.807, 2.05) is 30.3 Å². The van der Waals surface area contributed by atoms with Gasteiger partial charge < -0.3 is 14.5 Å². The van der Waals surface area contributed by atoms with Crippen LogP contribution in [0.15, 0.2) is 35.4 Å². The van der Waals surface area contributed by atoms with Gasteiger partial charge in [0.25, 0.3) is 0 Å². The van der Waals surface area contributed by atoms with Crippen molar-refractivity contribution in [2.75, 3.05) is 46.3 Å². The molecule has 2 aliphatic heterocycles. The van der Waals surface area contributed by atoms with Crippen LogP contribution >= 0.6 is 0 Å². The summed E-state index contributed by atoms with van der Waals surface area (Å²) >= 11 is 0. The summed E-state index contributed by atoms with van der Waals surface area (Å²) in [4.78, 5) is 16.8. The Labute approximate surface area is 150 Å². The number of nitrogens with zero attached hydrogens (tertiary/aromatic N) is 4. The Morgan fingerprint density at radius 2 is 1.92 bits per heavy atom. The number of ether oxygens (including phenoxy) is 1. The van der Waals surface area contributed by atoms with E-state index in [0.717, 1.165) is 57.5 Å². The Hall–Kier alpha value is -1.92. The van der Waals surface area contributed by atoms with Crippen molar-refractivity contribution in [3.05, 3.63) is 35.9 Å². The molecule has 1 aromatic carbocycles. The zero-order valence-electron chi connectivity index (χ0n) is 15.0. The molecule has 1 unspecified atom stereocenters. The number of carbonyl (C=O) groups is 1. The van der Waals surface area contributed by atoms with Crippen LogP contribution in [0.4, 0.5) is 4.79 Å². The highest BCUT2D eigenvalue weighted by Gasteiger charge is 2.30. The van der Waals surface area contributed by atoms with Crippen LogP contribution in [0.1, 0.15) is 24.8 Å². The summed E-state index contributed by atoms with van der Waals surface area (Å²) in [5.41, 5.74) is 0.978. The molecule has 2 heterocycles. The van der Waals surface area contributed by atoms with Gasteiger partial charge in [0.05, 0.1) is 12.8 Å². The molecule has 2 saturated heterocycles. The lowest BCUT2D eigenvalue weighted by Gasteiger charge is -2.32. The minimum absolute atomic E-state index is 0.0343. The molecule has 0 aromatic heterocycles. The average Bonchev–Trinajstić information content (AvgIpc) is 2.99. The van der Waals surface area contributed by atoms with E-state index in [1.54, 1.807) is 6.21 Å². The Morgan fingerprint density at radius 3 is 2.68 bits per heavy atom. The van der Waals surface area contributed by atoms with Crippen LogP contribution in [-0.2, 0) is 4.74 Å². The van der Waals surface area contributed by atoms with Gasteiger partial charge in [-0.1, -0.05) is 30.3 Å². The van der Waals surface area contributed by atoms with Gasteiger partial charge in [0.1, 0.15) is 6.10 Å². The monoisotopic (exact) mass is 344 g/mol. The first-order valence-electron chi connectivity index (χ1n) is 9.19. The van der Waals surface area contributed by atoms with Crippen LogP contribution in [-0.4, -0.2) is 79.5 Å². The predicted octanol–water partition coefficient (Wildman–Crippen LogP) is 2.26. The zero-order chi connectivity index (χ0) is 17.5. The molecule has 0 bridgehead atoms. The third kappa shape index (κ3) is 5.54. The molecule has 2 fully saturated rings. The first kappa shape index (κ1) is 17.9. The van der Waals surface area contributed by atoms with Gasteiger partial charge in [-0.2, -0.15) is 10.1 Å². The Bertz CT molecular complexity index is 570. The lowest BCUT2D eigenvalue weighted by atomic mass is 10.1. The molecule has 136 valence electrons. The molecule has 2 aliphatic rings. The minimum atomic E-state index is -0.337. The maximum atomic E-state index is 11.9. The number of cyclic esters (lactones) is 1. The summed E-state index contributed by atoms with van der Waals surface area (Å²) in [5, 5.41) is 5.68. The SMILES string of the molecule is CN1CCN(CCCCC2CN(/N=C/c3ccccc3)C(=O)O2)CC1. The van der Waals surface area contributed by atoms with E-state index in [4.69, 9.17) is 4.74 Å². The number of rotatable bonds is 7. The molecule has 6 nitrogen and oxygen atoms in total. The zero-order valence-corrected chi connectivity index (χ0v) is 15.0. The second-order valence-electron chi connectivity index (χ2n) is 6.88. The molecule has 6 heteroatoms. The highest BCUT2D eigenvalue weighted by atomic mass is 16.6. The van der Waals surface area contributed by atoms with Crippen LogP contribution in [0.3, 0.4) is 0 Å². The third-order valence-corrected chi connectivity index (χ3v) is 4.85. The van der Waals surface area contributed by atoms with E-state index >= 15 is 0 Å². The van der Waals surface area contributed by atoms with E-state index in [0.29, 0.717) is 6.54 Å². The van der Waals surface area contributed by atoms with Gasteiger partial charge >= 0.3 is 6.09 Å². The molecule has 1 atom stereocenters. The lowest BCUT2D eigenvalue weighted by Crippen LogP contribution is -2.44. The molecule has 3 rings (SSSR count). The second kappa shape index (κ2) is 8.97. The first-order valence-corrected chi connectivity index (χ1v) is 9.19. The normalized spacial score (nSPS) is 22.7. The number of unbranched alkanes of at least 4 members (excludes halogenated alkanes) is 1. The molecule has 1 aromatic rings. The van der Waals surface area contributed by atoms with Gasteiger partial charge in [-0.3, -0.25) is 0 Å². The topological polar surface area (TPSA) is 48.4 Å². The quantitative estimate of drug-likeness (QED) is 0.562. The van der Waals surface area contributed by atoms with Crippen LogP contribution in [0.5, 0.6) is 0 Å². The molecular weight excluding hydrogens is 316 g/mol. The number of benzene rings is 1. The predicted molar refractivity (Wildman–Crippen MR) is 98.8 cm³/mol. The second-order valence-corrected chi connectivity index (χ2v) is 6.88. The number of amides is 1. The average molecular weight is 344 g/mol. The largest absolute Gasteiger partial charge is 0.443 e. The summed E-state index contributed by atoms with van der Waals surface area (Å²) in [6.45, 7) is 6.35. The fraction of sp³-hybridized carbons (Fsp3) is 0.579. The maximum absolute atomic E-state index is 11.9. The summed E-state index contributed by atoms with van der Waals surface area (Å²) < 4.78 is 5.42.